The second-order valence-electron chi connectivity index (χ2n) is 8.17. The minimum Gasteiger partial charge on any atom is -0.481 e. The number of amides is 2. The van der Waals surface area contributed by atoms with Crippen molar-refractivity contribution in [2.24, 2.45) is 0 Å². The number of nitrogens with one attached hydrogen (secondary N) is 2. The molecular weight excluding hydrogens is 370 g/mol. The van der Waals surface area contributed by atoms with Crippen LogP contribution in [0.1, 0.15) is 53.4 Å². The van der Waals surface area contributed by atoms with Gasteiger partial charge in [-0.2, -0.15) is 0 Å². The maximum Gasteiger partial charge on any atom is 0.407 e. The molecule has 0 saturated heterocycles. The molecule has 0 spiro atoms. The first-order chi connectivity index (χ1) is 13.0. The van der Waals surface area contributed by atoms with E-state index in [0.717, 1.165) is 25.0 Å². The first-order valence-corrected chi connectivity index (χ1v) is 9.40. The van der Waals surface area contributed by atoms with Gasteiger partial charge in [-0.05, 0) is 52.7 Å². The fourth-order valence-corrected chi connectivity index (χ4v) is 3.12. The van der Waals surface area contributed by atoms with Crippen LogP contribution in [0.2, 0.25) is 0 Å². The van der Waals surface area contributed by atoms with Gasteiger partial charge in [-0.3, -0.25) is 4.79 Å². The highest BCUT2D eigenvalue weighted by Crippen LogP contribution is 2.29. The normalized spacial score (nSPS) is 16.9. The third kappa shape index (κ3) is 6.35. The molecule has 8 heteroatoms. The van der Waals surface area contributed by atoms with Gasteiger partial charge in [0.15, 0.2) is 17.7 Å². The van der Waals surface area contributed by atoms with Crippen LogP contribution in [0.3, 0.4) is 0 Å². The second kappa shape index (κ2) is 8.75. The van der Waals surface area contributed by atoms with Crippen LogP contribution in [0.5, 0.6) is 5.75 Å². The molecule has 0 radical (unpaired) electrons. The Morgan fingerprint density at radius 3 is 2.39 bits per heavy atom. The number of alkyl carbamates (subject to hydrolysis) is 1. The predicted molar refractivity (Wildman–Crippen MR) is 100 cm³/mol. The number of carbonyl (C=O) groups excluding carboxylic acids is 2. The van der Waals surface area contributed by atoms with Crippen molar-refractivity contribution in [2.75, 3.05) is 6.54 Å². The molecule has 0 bridgehead atoms. The monoisotopic (exact) mass is 398 g/mol. The molecule has 2 N–H and O–H groups in total. The highest BCUT2D eigenvalue weighted by atomic mass is 19.2. The summed E-state index contributed by atoms with van der Waals surface area (Å²) < 4.78 is 37.0. The van der Waals surface area contributed by atoms with Crippen molar-refractivity contribution in [1.29, 1.82) is 0 Å². The maximum absolute atomic E-state index is 13.3. The molecule has 1 aliphatic carbocycles. The Bertz CT molecular complexity index is 713. The second-order valence-corrected chi connectivity index (χ2v) is 8.17. The zero-order chi connectivity index (χ0) is 20.9. The topological polar surface area (TPSA) is 76.7 Å². The van der Waals surface area contributed by atoms with Crippen LogP contribution in [0.4, 0.5) is 13.6 Å². The zero-order valence-electron chi connectivity index (χ0n) is 16.7. The van der Waals surface area contributed by atoms with Crippen molar-refractivity contribution in [3.63, 3.8) is 0 Å². The molecule has 1 aromatic carbocycles. The number of rotatable bonds is 6. The summed E-state index contributed by atoms with van der Waals surface area (Å²) in [5.74, 6) is -2.35. The van der Waals surface area contributed by atoms with Gasteiger partial charge >= 0.3 is 6.09 Å². The van der Waals surface area contributed by atoms with Crippen molar-refractivity contribution < 1.29 is 27.8 Å². The number of hydrogen-bond acceptors (Lipinski definition) is 4. The van der Waals surface area contributed by atoms with Gasteiger partial charge in [-0.25, -0.2) is 13.6 Å². The van der Waals surface area contributed by atoms with Crippen LogP contribution in [0, 0.1) is 11.6 Å². The Hall–Kier alpha value is -2.38. The van der Waals surface area contributed by atoms with Crippen molar-refractivity contribution in [2.45, 2.75) is 70.6 Å². The lowest BCUT2D eigenvalue weighted by atomic mass is 9.97. The molecule has 0 heterocycles. The molecule has 1 aliphatic rings. The fraction of sp³-hybridized carbons (Fsp3) is 0.600. The number of ether oxygens (including phenoxy) is 2. The van der Waals surface area contributed by atoms with Gasteiger partial charge < -0.3 is 20.1 Å². The van der Waals surface area contributed by atoms with E-state index < -0.39 is 40.9 Å². The van der Waals surface area contributed by atoms with Crippen molar-refractivity contribution in [3.05, 3.63) is 29.8 Å². The van der Waals surface area contributed by atoms with E-state index in [2.05, 4.69) is 10.6 Å². The Kier molecular flexibility index (Phi) is 6.85. The van der Waals surface area contributed by atoms with Crippen LogP contribution in [0.15, 0.2) is 18.2 Å². The van der Waals surface area contributed by atoms with Crippen molar-refractivity contribution in [1.82, 2.24) is 10.6 Å². The van der Waals surface area contributed by atoms with Gasteiger partial charge in [0.25, 0.3) is 5.91 Å². The molecular formula is C20H28F2N2O4. The highest BCUT2D eigenvalue weighted by Gasteiger charge is 2.37. The van der Waals surface area contributed by atoms with E-state index in [1.165, 1.54) is 13.0 Å². The summed E-state index contributed by atoms with van der Waals surface area (Å²) in [6.45, 7) is 7.09. The molecule has 1 aromatic rings. The minimum absolute atomic E-state index is 0.0638. The SMILES string of the molecule is CC(Oc1ccc(F)c(F)c1)C(=O)NC1(CNC(=O)OC(C)(C)C)CCCC1. The van der Waals surface area contributed by atoms with Gasteiger partial charge in [0.1, 0.15) is 11.4 Å². The third-order valence-corrected chi connectivity index (χ3v) is 4.49. The van der Waals surface area contributed by atoms with Gasteiger partial charge in [0.05, 0.1) is 5.54 Å². The molecule has 0 aromatic heterocycles. The summed E-state index contributed by atoms with van der Waals surface area (Å²) in [5, 5.41) is 5.68. The minimum atomic E-state index is -1.04. The van der Waals surface area contributed by atoms with Gasteiger partial charge in [-0.15, -0.1) is 0 Å². The van der Waals surface area contributed by atoms with Crippen LogP contribution in [-0.4, -0.2) is 35.8 Å². The Morgan fingerprint density at radius 2 is 1.82 bits per heavy atom. The molecule has 6 nitrogen and oxygen atoms in total. The van der Waals surface area contributed by atoms with Crippen LogP contribution < -0.4 is 15.4 Å². The summed E-state index contributed by atoms with van der Waals surface area (Å²) in [6.07, 6.45) is 1.82. The van der Waals surface area contributed by atoms with Gasteiger partial charge in [0, 0.05) is 12.6 Å². The van der Waals surface area contributed by atoms with E-state index >= 15 is 0 Å². The number of benzene rings is 1. The molecule has 2 rings (SSSR count). The van der Waals surface area contributed by atoms with Crippen molar-refractivity contribution >= 4 is 12.0 Å². The maximum atomic E-state index is 13.3. The smallest absolute Gasteiger partial charge is 0.407 e. The number of halogens is 2. The fourth-order valence-electron chi connectivity index (χ4n) is 3.12. The van der Waals surface area contributed by atoms with E-state index in [-0.39, 0.29) is 12.3 Å². The summed E-state index contributed by atoms with van der Waals surface area (Å²) in [7, 11) is 0. The molecule has 28 heavy (non-hydrogen) atoms. The first kappa shape index (κ1) is 21.9. The Morgan fingerprint density at radius 1 is 1.18 bits per heavy atom. The molecule has 0 aliphatic heterocycles. The zero-order valence-corrected chi connectivity index (χ0v) is 16.7. The summed E-state index contributed by atoms with van der Waals surface area (Å²) in [4.78, 5) is 24.5. The lowest BCUT2D eigenvalue weighted by Crippen LogP contribution is -2.56. The first-order valence-electron chi connectivity index (χ1n) is 9.40. The average molecular weight is 398 g/mol. The van der Waals surface area contributed by atoms with Crippen LogP contribution in [-0.2, 0) is 9.53 Å². The Labute approximate surface area is 164 Å². The molecule has 2 amide bonds. The average Bonchev–Trinajstić information content (AvgIpc) is 3.03. The quantitative estimate of drug-likeness (QED) is 0.766. The van der Waals surface area contributed by atoms with E-state index in [9.17, 15) is 18.4 Å². The lowest BCUT2D eigenvalue weighted by molar-refractivity contribution is -0.129. The van der Waals surface area contributed by atoms with Crippen LogP contribution >= 0.6 is 0 Å². The molecule has 1 unspecified atom stereocenters. The molecule has 156 valence electrons. The Balaban J connectivity index is 1.95. The molecule has 1 saturated carbocycles. The third-order valence-electron chi connectivity index (χ3n) is 4.49. The van der Waals surface area contributed by atoms with E-state index in [0.29, 0.717) is 12.8 Å². The molecule has 1 atom stereocenters. The number of carbonyl (C=O) groups is 2. The number of hydrogen-bond donors (Lipinski definition) is 2. The van der Waals surface area contributed by atoms with E-state index in [1.54, 1.807) is 20.8 Å². The van der Waals surface area contributed by atoms with E-state index in [1.807, 2.05) is 0 Å². The van der Waals surface area contributed by atoms with Gasteiger partial charge in [-0.1, -0.05) is 12.8 Å². The summed E-state index contributed by atoms with van der Waals surface area (Å²) in [5.41, 5.74) is -1.19. The highest BCUT2D eigenvalue weighted by molar-refractivity contribution is 5.81. The standard InChI is InChI=1S/C20H28F2N2O4/c1-13(27-14-7-8-15(21)16(22)11-14)17(25)24-20(9-5-6-10-20)12-23-18(26)28-19(2,3)4/h7-8,11,13H,5-6,9-10,12H2,1-4H3,(H,23,26)(H,24,25). The van der Waals surface area contributed by atoms with Crippen molar-refractivity contribution in [3.8, 4) is 5.75 Å². The van der Waals surface area contributed by atoms with Crippen LogP contribution in [0.25, 0.3) is 0 Å². The predicted octanol–water partition coefficient (Wildman–Crippen LogP) is 3.69. The van der Waals surface area contributed by atoms with Gasteiger partial charge in [0.2, 0.25) is 0 Å². The summed E-state index contributed by atoms with van der Waals surface area (Å²) >= 11 is 0. The van der Waals surface area contributed by atoms with E-state index in [4.69, 9.17) is 9.47 Å². The lowest BCUT2D eigenvalue weighted by Gasteiger charge is -2.32. The summed E-state index contributed by atoms with van der Waals surface area (Å²) in [6, 6.07) is 3.10. The largest absolute Gasteiger partial charge is 0.481 e. The molecule has 1 fully saturated rings.